The highest BCUT2D eigenvalue weighted by Crippen LogP contribution is 2.20. The van der Waals surface area contributed by atoms with Gasteiger partial charge in [0, 0.05) is 23.5 Å². The molecule has 2 aromatic rings. The Morgan fingerprint density at radius 2 is 2.33 bits per heavy atom. The predicted molar refractivity (Wildman–Crippen MR) is 63.4 cm³/mol. The lowest BCUT2D eigenvalue weighted by atomic mass is 10.4. The Hall–Kier alpha value is -1.13. The molecule has 3 nitrogen and oxygen atoms in total. The van der Waals surface area contributed by atoms with Crippen LogP contribution in [0.15, 0.2) is 24.7 Å². The first-order valence-corrected chi connectivity index (χ1v) is 5.70. The van der Waals surface area contributed by atoms with Crippen LogP contribution in [-0.2, 0) is 6.54 Å². The van der Waals surface area contributed by atoms with Gasteiger partial charge >= 0.3 is 0 Å². The highest BCUT2D eigenvalue weighted by Gasteiger charge is 2.01. The molecule has 0 bridgehead atoms. The van der Waals surface area contributed by atoms with E-state index in [4.69, 9.17) is 11.6 Å². The molecule has 0 aliphatic heterocycles. The quantitative estimate of drug-likeness (QED) is 0.895. The molecule has 0 spiro atoms. The molecule has 1 N–H and O–H groups in total. The number of nitrogens with zero attached hydrogens (tertiary/aromatic N) is 2. The molecular weight excluding hydrogens is 230 g/mol. The normalized spacial score (nSPS) is 10.3. The number of thiazole rings is 1. The molecule has 0 saturated heterocycles. The van der Waals surface area contributed by atoms with Crippen molar-refractivity contribution >= 4 is 28.6 Å². The van der Waals surface area contributed by atoms with Gasteiger partial charge in [-0.15, -0.1) is 11.3 Å². The summed E-state index contributed by atoms with van der Waals surface area (Å²) in [6.07, 6.45) is 5.20. The number of hydrogen-bond donors (Lipinski definition) is 1. The summed E-state index contributed by atoms with van der Waals surface area (Å²) in [7, 11) is 0. The number of nitrogens with one attached hydrogen (secondary N) is 1. The van der Waals surface area contributed by atoms with Crippen LogP contribution < -0.4 is 5.32 Å². The standard InChI is InChI=1S/C10H10ClN3S/c1-7-4-14-10(15-7)6-13-9-2-3-12-5-8(9)11/h2-5H,6H2,1H3,(H,12,13). The van der Waals surface area contributed by atoms with E-state index >= 15 is 0 Å². The van der Waals surface area contributed by atoms with Crippen molar-refractivity contribution in [2.24, 2.45) is 0 Å². The van der Waals surface area contributed by atoms with Crippen LogP contribution in [0.5, 0.6) is 0 Å². The van der Waals surface area contributed by atoms with Crippen LogP contribution in [0.4, 0.5) is 5.69 Å². The highest BCUT2D eigenvalue weighted by molar-refractivity contribution is 7.11. The van der Waals surface area contributed by atoms with Crippen LogP contribution in [0, 0.1) is 6.92 Å². The summed E-state index contributed by atoms with van der Waals surface area (Å²) in [5.74, 6) is 0. The Morgan fingerprint density at radius 3 is 3.00 bits per heavy atom. The van der Waals surface area contributed by atoms with Crippen molar-refractivity contribution < 1.29 is 0 Å². The van der Waals surface area contributed by atoms with Crippen molar-refractivity contribution in [1.82, 2.24) is 9.97 Å². The molecule has 0 aliphatic carbocycles. The van der Waals surface area contributed by atoms with E-state index in [0.717, 1.165) is 10.7 Å². The lowest BCUT2D eigenvalue weighted by Crippen LogP contribution is -1.99. The largest absolute Gasteiger partial charge is 0.377 e. The Labute approximate surface area is 97.2 Å². The lowest BCUT2D eigenvalue weighted by Gasteiger charge is -2.04. The van der Waals surface area contributed by atoms with Gasteiger partial charge in [0.05, 0.1) is 17.3 Å². The summed E-state index contributed by atoms with van der Waals surface area (Å²) in [5.41, 5.74) is 0.888. The number of pyridine rings is 1. The van der Waals surface area contributed by atoms with Gasteiger partial charge in [0.15, 0.2) is 0 Å². The Bertz CT molecular complexity index is 455. The molecule has 0 fully saturated rings. The second kappa shape index (κ2) is 4.59. The monoisotopic (exact) mass is 239 g/mol. The minimum absolute atomic E-state index is 0.630. The lowest BCUT2D eigenvalue weighted by molar-refractivity contribution is 1.10. The topological polar surface area (TPSA) is 37.8 Å². The van der Waals surface area contributed by atoms with Crippen molar-refractivity contribution in [2.75, 3.05) is 5.32 Å². The molecule has 78 valence electrons. The molecule has 0 saturated carbocycles. The highest BCUT2D eigenvalue weighted by atomic mass is 35.5. The maximum Gasteiger partial charge on any atom is 0.112 e. The maximum absolute atomic E-state index is 5.95. The van der Waals surface area contributed by atoms with Crippen molar-refractivity contribution in [1.29, 1.82) is 0 Å². The molecule has 0 amide bonds. The molecule has 0 unspecified atom stereocenters. The van der Waals surface area contributed by atoms with Gasteiger partial charge in [-0.05, 0) is 13.0 Å². The third kappa shape index (κ3) is 2.67. The van der Waals surface area contributed by atoms with Gasteiger partial charge in [-0.2, -0.15) is 0 Å². The van der Waals surface area contributed by atoms with Crippen LogP contribution in [0.3, 0.4) is 0 Å². The van der Waals surface area contributed by atoms with E-state index in [1.807, 2.05) is 19.2 Å². The number of aryl methyl sites for hydroxylation is 1. The second-order valence-electron chi connectivity index (χ2n) is 3.07. The second-order valence-corrected chi connectivity index (χ2v) is 4.80. The third-order valence-electron chi connectivity index (χ3n) is 1.87. The first-order chi connectivity index (χ1) is 7.25. The van der Waals surface area contributed by atoms with E-state index in [1.54, 1.807) is 23.7 Å². The van der Waals surface area contributed by atoms with E-state index in [-0.39, 0.29) is 0 Å². The van der Waals surface area contributed by atoms with Crippen LogP contribution in [0.25, 0.3) is 0 Å². The van der Waals surface area contributed by atoms with Gasteiger partial charge in [0.1, 0.15) is 5.01 Å². The summed E-state index contributed by atoms with van der Waals surface area (Å²) in [4.78, 5) is 9.39. The summed E-state index contributed by atoms with van der Waals surface area (Å²) < 4.78 is 0. The number of halogens is 1. The van der Waals surface area contributed by atoms with E-state index in [2.05, 4.69) is 15.3 Å². The van der Waals surface area contributed by atoms with Crippen LogP contribution in [0.2, 0.25) is 5.02 Å². The molecule has 0 aliphatic rings. The third-order valence-corrected chi connectivity index (χ3v) is 3.09. The van der Waals surface area contributed by atoms with Crippen LogP contribution in [-0.4, -0.2) is 9.97 Å². The van der Waals surface area contributed by atoms with Gasteiger partial charge in [-0.25, -0.2) is 4.98 Å². The Balaban J connectivity index is 2.02. The van der Waals surface area contributed by atoms with Crippen molar-refractivity contribution in [2.45, 2.75) is 13.5 Å². The van der Waals surface area contributed by atoms with Crippen LogP contribution in [0.1, 0.15) is 9.88 Å². The summed E-state index contributed by atoms with van der Waals surface area (Å²) in [6.45, 7) is 2.74. The van der Waals surface area contributed by atoms with Crippen molar-refractivity contribution in [3.63, 3.8) is 0 Å². The average molecular weight is 240 g/mol. The first kappa shape index (κ1) is 10.4. The minimum atomic E-state index is 0.630. The fourth-order valence-corrected chi connectivity index (χ4v) is 2.09. The number of rotatable bonds is 3. The molecule has 0 atom stereocenters. The molecule has 15 heavy (non-hydrogen) atoms. The van der Waals surface area contributed by atoms with E-state index < -0.39 is 0 Å². The average Bonchev–Trinajstić information content (AvgIpc) is 2.63. The van der Waals surface area contributed by atoms with Gasteiger partial charge in [0.25, 0.3) is 0 Å². The SMILES string of the molecule is Cc1cnc(CNc2ccncc2Cl)s1. The maximum atomic E-state index is 5.95. The van der Waals surface area contributed by atoms with E-state index in [9.17, 15) is 0 Å². The first-order valence-electron chi connectivity index (χ1n) is 4.50. The molecule has 5 heteroatoms. The van der Waals surface area contributed by atoms with Gasteiger partial charge in [-0.1, -0.05) is 11.6 Å². The van der Waals surface area contributed by atoms with E-state index in [1.165, 1.54) is 4.88 Å². The summed E-state index contributed by atoms with van der Waals surface area (Å²) >= 11 is 7.63. The minimum Gasteiger partial charge on any atom is -0.377 e. The Kier molecular flexibility index (Phi) is 3.18. The summed E-state index contributed by atoms with van der Waals surface area (Å²) in [5, 5.41) is 4.90. The van der Waals surface area contributed by atoms with E-state index in [0.29, 0.717) is 11.6 Å². The van der Waals surface area contributed by atoms with Gasteiger partial charge in [0.2, 0.25) is 0 Å². The van der Waals surface area contributed by atoms with Gasteiger partial charge < -0.3 is 5.32 Å². The molecule has 0 aromatic carbocycles. The molecule has 0 radical (unpaired) electrons. The summed E-state index contributed by atoms with van der Waals surface area (Å²) in [6, 6.07) is 1.85. The zero-order valence-electron chi connectivity index (χ0n) is 8.20. The molecule has 2 aromatic heterocycles. The van der Waals surface area contributed by atoms with Crippen LogP contribution >= 0.6 is 22.9 Å². The molecule has 2 heterocycles. The molecular formula is C10H10ClN3S. The smallest absolute Gasteiger partial charge is 0.112 e. The fraction of sp³-hybridized carbons (Fsp3) is 0.200. The number of aromatic nitrogens is 2. The fourth-order valence-electron chi connectivity index (χ4n) is 1.17. The van der Waals surface area contributed by atoms with Crippen molar-refractivity contribution in [3.8, 4) is 0 Å². The Morgan fingerprint density at radius 1 is 1.47 bits per heavy atom. The predicted octanol–water partition coefficient (Wildman–Crippen LogP) is 3.11. The number of hydrogen-bond acceptors (Lipinski definition) is 4. The van der Waals surface area contributed by atoms with Gasteiger partial charge in [-0.3, -0.25) is 4.98 Å². The molecule has 2 rings (SSSR count). The zero-order chi connectivity index (χ0) is 10.7. The van der Waals surface area contributed by atoms with Crippen molar-refractivity contribution in [3.05, 3.63) is 39.6 Å². The zero-order valence-corrected chi connectivity index (χ0v) is 9.77. The number of anilines is 1.